The highest BCUT2D eigenvalue weighted by atomic mass is 32.2. The molecule has 0 bridgehead atoms. The van der Waals surface area contributed by atoms with Gasteiger partial charge in [-0.1, -0.05) is 6.07 Å². The summed E-state index contributed by atoms with van der Waals surface area (Å²) in [6, 6.07) is 4.78. The van der Waals surface area contributed by atoms with Crippen molar-refractivity contribution in [3.63, 3.8) is 0 Å². The van der Waals surface area contributed by atoms with Gasteiger partial charge in [-0.05, 0) is 24.6 Å². The molecule has 0 aliphatic carbocycles. The highest BCUT2D eigenvalue weighted by Crippen LogP contribution is 2.24. The number of nitrogens with zero attached hydrogens (tertiary/aromatic N) is 1. The highest BCUT2D eigenvalue weighted by molar-refractivity contribution is 7.85. The van der Waals surface area contributed by atoms with Gasteiger partial charge in [0.1, 0.15) is 5.82 Å². The number of hydrogen-bond acceptors (Lipinski definition) is 3. The molecule has 1 aromatic carbocycles. The maximum absolute atomic E-state index is 13.9. The van der Waals surface area contributed by atoms with E-state index in [4.69, 9.17) is 0 Å². The fraction of sp³-hybridized carbons (Fsp3) is 0.500. The summed E-state index contributed by atoms with van der Waals surface area (Å²) >= 11 is 0. The van der Waals surface area contributed by atoms with E-state index >= 15 is 0 Å². The number of rotatable bonds is 2. The first-order valence-corrected chi connectivity index (χ1v) is 7.14. The summed E-state index contributed by atoms with van der Waals surface area (Å²) in [6.07, 6.45) is -0.660. The van der Waals surface area contributed by atoms with Gasteiger partial charge in [0.25, 0.3) is 0 Å². The Morgan fingerprint density at radius 3 is 2.59 bits per heavy atom. The summed E-state index contributed by atoms with van der Waals surface area (Å²) in [5, 5.41) is 9.36. The van der Waals surface area contributed by atoms with Crippen molar-refractivity contribution in [2.75, 3.05) is 29.5 Å². The van der Waals surface area contributed by atoms with E-state index in [2.05, 4.69) is 0 Å². The minimum absolute atomic E-state index is 0.323. The standard InChI is InChI=1S/C12H16FNO2S/c1-9(15)10-2-3-12(11(13)8-10)14-4-6-17(16)7-5-14/h2-3,8-9,15H,4-7H2,1H3/t9-/m0/s1. The fourth-order valence-electron chi connectivity index (χ4n) is 1.92. The van der Waals surface area contributed by atoms with Gasteiger partial charge >= 0.3 is 0 Å². The molecule has 0 amide bonds. The van der Waals surface area contributed by atoms with Gasteiger partial charge < -0.3 is 10.0 Å². The van der Waals surface area contributed by atoms with Gasteiger partial charge in [-0.3, -0.25) is 4.21 Å². The van der Waals surface area contributed by atoms with Crippen molar-refractivity contribution in [1.82, 2.24) is 0 Å². The predicted octanol–water partition coefficient (Wildman–Crippen LogP) is 1.45. The fourth-order valence-corrected chi connectivity index (χ4v) is 2.97. The Kier molecular flexibility index (Phi) is 3.79. The largest absolute Gasteiger partial charge is 0.389 e. The lowest BCUT2D eigenvalue weighted by atomic mass is 10.1. The Morgan fingerprint density at radius 1 is 1.41 bits per heavy atom. The van der Waals surface area contributed by atoms with Gasteiger partial charge in [0.05, 0.1) is 11.8 Å². The van der Waals surface area contributed by atoms with Crippen molar-refractivity contribution < 1.29 is 13.7 Å². The molecule has 5 heteroatoms. The van der Waals surface area contributed by atoms with E-state index in [1.807, 2.05) is 4.90 Å². The lowest BCUT2D eigenvalue weighted by Crippen LogP contribution is -2.38. The van der Waals surface area contributed by atoms with Crippen LogP contribution in [0.25, 0.3) is 0 Å². The molecule has 17 heavy (non-hydrogen) atoms. The molecule has 0 aromatic heterocycles. The lowest BCUT2D eigenvalue weighted by Gasteiger charge is -2.29. The second-order valence-electron chi connectivity index (χ2n) is 4.22. The quantitative estimate of drug-likeness (QED) is 0.871. The van der Waals surface area contributed by atoms with E-state index in [0.29, 0.717) is 35.8 Å². The van der Waals surface area contributed by atoms with Crippen LogP contribution in [0, 0.1) is 5.82 Å². The zero-order chi connectivity index (χ0) is 12.4. The SMILES string of the molecule is C[C@H](O)c1ccc(N2CCS(=O)CC2)c(F)c1. The number of aliphatic hydroxyl groups is 1. The molecule has 0 radical (unpaired) electrons. The minimum Gasteiger partial charge on any atom is -0.389 e. The molecule has 94 valence electrons. The molecule has 3 nitrogen and oxygen atoms in total. The molecular formula is C12H16FNO2S. The summed E-state index contributed by atoms with van der Waals surface area (Å²) < 4.78 is 25.1. The smallest absolute Gasteiger partial charge is 0.146 e. The molecule has 0 saturated carbocycles. The first-order valence-electron chi connectivity index (χ1n) is 5.65. The van der Waals surface area contributed by atoms with E-state index in [1.165, 1.54) is 6.07 Å². The number of hydrogen-bond donors (Lipinski definition) is 1. The van der Waals surface area contributed by atoms with Crippen LogP contribution in [-0.2, 0) is 10.8 Å². The third-order valence-corrected chi connectivity index (χ3v) is 4.25. The maximum Gasteiger partial charge on any atom is 0.146 e. The van der Waals surface area contributed by atoms with Gasteiger partial charge in [-0.2, -0.15) is 0 Å². The van der Waals surface area contributed by atoms with Gasteiger partial charge in [0.15, 0.2) is 0 Å². The normalized spacial score (nSPS) is 19.4. The topological polar surface area (TPSA) is 40.5 Å². The molecule has 0 spiro atoms. The van der Waals surface area contributed by atoms with Crippen molar-refractivity contribution in [3.05, 3.63) is 29.6 Å². The summed E-state index contributed by atoms with van der Waals surface area (Å²) in [7, 11) is -0.757. The molecule has 1 saturated heterocycles. The van der Waals surface area contributed by atoms with Crippen molar-refractivity contribution in [2.45, 2.75) is 13.0 Å². The van der Waals surface area contributed by atoms with Crippen molar-refractivity contribution in [3.8, 4) is 0 Å². The molecule has 2 rings (SSSR count). The van der Waals surface area contributed by atoms with Crippen molar-refractivity contribution in [1.29, 1.82) is 0 Å². The summed E-state index contributed by atoms with van der Waals surface area (Å²) in [5.41, 5.74) is 1.11. The number of benzene rings is 1. The maximum atomic E-state index is 13.9. The van der Waals surface area contributed by atoms with Crippen LogP contribution in [0.2, 0.25) is 0 Å². The predicted molar refractivity (Wildman–Crippen MR) is 67.1 cm³/mol. The van der Waals surface area contributed by atoms with Crippen LogP contribution in [0.3, 0.4) is 0 Å². The van der Waals surface area contributed by atoms with Crippen LogP contribution in [-0.4, -0.2) is 33.9 Å². The third-order valence-electron chi connectivity index (χ3n) is 2.97. The summed E-state index contributed by atoms with van der Waals surface area (Å²) in [4.78, 5) is 1.91. The Hall–Kier alpha value is -0.940. The molecular weight excluding hydrogens is 241 g/mol. The Balaban J connectivity index is 2.19. The number of anilines is 1. The molecule has 1 aliphatic rings. The first-order chi connectivity index (χ1) is 8.08. The lowest BCUT2D eigenvalue weighted by molar-refractivity contribution is 0.199. The van der Waals surface area contributed by atoms with Crippen LogP contribution in [0.4, 0.5) is 10.1 Å². The first kappa shape index (κ1) is 12.5. The van der Waals surface area contributed by atoms with E-state index in [1.54, 1.807) is 19.1 Å². The van der Waals surface area contributed by atoms with Crippen LogP contribution in [0.5, 0.6) is 0 Å². The average Bonchev–Trinajstić information content (AvgIpc) is 2.30. The molecule has 1 aliphatic heterocycles. The highest BCUT2D eigenvalue weighted by Gasteiger charge is 2.18. The number of halogens is 1. The van der Waals surface area contributed by atoms with E-state index in [-0.39, 0.29) is 5.82 Å². The molecule has 1 aromatic rings. The molecule has 1 N–H and O–H groups in total. The van der Waals surface area contributed by atoms with Gasteiger partial charge in [0, 0.05) is 35.4 Å². The average molecular weight is 257 g/mol. The second kappa shape index (κ2) is 5.14. The van der Waals surface area contributed by atoms with Gasteiger partial charge in [0.2, 0.25) is 0 Å². The van der Waals surface area contributed by atoms with Gasteiger partial charge in [-0.25, -0.2) is 4.39 Å². The second-order valence-corrected chi connectivity index (χ2v) is 5.92. The zero-order valence-corrected chi connectivity index (χ0v) is 10.5. The van der Waals surface area contributed by atoms with E-state index in [9.17, 15) is 13.7 Å². The molecule has 0 unspecified atom stereocenters. The monoisotopic (exact) mass is 257 g/mol. The molecule has 1 atom stereocenters. The summed E-state index contributed by atoms with van der Waals surface area (Å²) in [5.74, 6) is 0.867. The van der Waals surface area contributed by atoms with Crippen LogP contribution >= 0.6 is 0 Å². The van der Waals surface area contributed by atoms with Crippen LogP contribution in [0.15, 0.2) is 18.2 Å². The molecule has 1 fully saturated rings. The van der Waals surface area contributed by atoms with Gasteiger partial charge in [-0.15, -0.1) is 0 Å². The van der Waals surface area contributed by atoms with Crippen molar-refractivity contribution in [2.24, 2.45) is 0 Å². The Morgan fingerprint density at radius 2 is 2.06 bits per heavy atom. The zero-order valence-electron chi connectivity index (χ0n) is 9.73. The van der Waals surface area contributed by atoms with E-state index < -0.39 is 16.9 Å². The van der Waals surface area contributed by atoms with E-state index in [0.717, 1.165) is 0 Å². The Labute approximate surface area is 103 Å². The van der Waals surface area contributed by atoms with Crippen LogP contribution < -0.4 is 4.90 Å². The Bertz CT molecular complexity index is 427. The molecule has 1 heterocycles. The third kappa shape index (κ3) is 2.84. The van der Waals surface area contributed by atoms with Crippen LogP contribution in [0.1, 0.15) is 18.6 Å². The van der Waals surface area contributed by atoms with Crippen molar-refractivity contribution >= 4 is 16.5 Å². The number of aliphatic hydroxyl groups excluding tert-OH is 1. The minimum atomic E-state index is -0.757. The summed E-state index contributed by atoms with van der Waals surface area (Å²) in [6.45, 7) is 2.85.